The lowest BCUT2D eigenvalue weighted by molar-refractivity contribution is 0.596. The Kier molecular flexibility index (Phi) is 3.85. The van der Waals surface area contributed by atoms with Crippen LogP contribution in [0.1, 0.15) is 17.4 Å². The van der Waals surface area contributed by atoms with Gasteiger partial charge in [0.25, 0.3) is 0 Å². The highest BCUT2D eigenvalue weighted by Crippen LogP contribution is 2.29. The fraction of sp³-hybridized carbons (Fsp3) is 0.105. The number of para-hydroxylation sites is 1. The quantitative estimate of drug-likeness (QED) is 0.619. The summed E-state index contributed by atoms with van der Waals surface area (Å²) in [7, 11) is 1.88. The van der Waals surface area contributed by atoms with Crippen molar-refractivity contribution in [3.05, 3.63) is 84.5 Å². The first-order valence-electron chi connectivity index (χ1n) is 7.92. The van der Waals surface area contributed by atoms with E-state index < -0.39 is 6.04 Å². The second kappa shape index (κ2) is 6.32. The lowest BCUT2D eigenvalue weighted by Crippen LogP contribution is -2.19. The van der Waals surface area contributed by atoms with Crippen LogP contribution in [0.4, 0.5) is 10.2 Å². The fourth-order valence-corrected chi connectivity index (χ4v) is 2.90. The molecule has 0 aliphatic carbocycles. The first-order valence-corrected chi connectivity index (χ1v) is 7.92. The first-order chi connectivity index (χ1) is 12.2. The Hall–Kier alpha value is -3.28. The van der Waals surface area contributed by atoms with Gasteiger partial charge >= 0.3 is 0 Å². The maximum absolute atomic E-state index is 14.5. The van der Waals surface area contributed by atoms with Crippen molar-refractivity contribution in [2.24, 2.45) is 7.05 Å². The number of nitrogens with zero attached hydrogens (tertiary/aromatic N) is 4. The van der Waals surface area contributed by atoms with Crippen molar-refractivity contribution >= 4 is 16.7 Å². The van der Waals surface area contributed by atoms with Gasteiger partial charge in [-0.25, -0.2) is 19.3 Å². The fourth-order valence-electron chi connectivity index (χ4n) is 2.90. The van der Waals surface area contributed by atoms with Crippen LogP contribution in [0.5, 0.6) is 0 Å². The molecule has 1 N–H and O–H groups in total. The molecule has 6 heteroatoms. The minimum Gasteiger partial charge on any atom is -0.356 e. The summed E-state index contributed by atoms with van der Waals surface area (Å²) in [4.78, 5) is 13.0. The van der Waals surface area contributed by atoms with Crippen LogP contribution in [-0.4, -0.2) is 19.5 Å². The smallest absolute Gasteiger partial charge is 0.138 e. The van der Waals surface area contributed by atoms with Gasteiger partial charge in [0.15, 0.2) is 0 Å². The van der Waals surface area contributed by atoms with E-state index in [1.165, 1.54) is 12.4 Å². The van der Waals surface area contributed by atoms with Crippen LogP contribution in [0, 0.1) is 5.82 Å². The molecule has 0 saturated heterocycles. The molecular weight excluding hydrogens is 317 g/mol. The maximum Gasteiger partial charge on any atom is 0.138 e. The SMILES string of the molecule is Cn1ccnc1C(Nc1ncnc2ccccc12)c1ccccc1F. The van der Waals surface area contributed by atoms with Crippen molar-refractivity contribution < 1.29 is 4.39 Å². The minimum absolute atomic E-state index is 0.290. The van der Waals surface area contributed by atoms with Crippen molar-refractivity contribution in [3.63, 3.8) is 0 Å². The Labute approximate surface area is 144 Å². The number of nitrogens with one attached hydrogen (secondary N) is 1. The highest BCUT2D eigenvalue weighted by Gasteiger charge is 2.22. The van der Waals surface area contributed by atoms with Gasteiger partial charge in [0, 0.05) is 30.4 Å². The van der Waals surface area contributed by atoms with Crippen LogP contribution in [0.2, 0.25) is 0 Å². The number of halogens is 1. The Balaban J connectivity index is 1.84. The molecule has 1 unspecified atom stereocenters. The van der Waals surface area contributed by atoms with Crippen molar-refractivity contribution in [2.45, 2.75) is 6.04 Å². The predicted molar refractivity (Wildman–Crippen MR) is 94.6 cm³/mol. The molecule has 0 aliphatic rings. The van der Waals surface area contributed by atoms with Gasteiger partial charge in [-0.3, -0.25) is 0 Å². The highest BCUT2D eigenvalue weighted by molar-refractivity contribution is 5.88. The third-order valence-electron chi connectivity index (χ3n) is 4.16. The number of hydrogen-bond donors (Lipinski definition) is 1. The van der Waals surface area contributed by atoms with Gasteiger partial charge in [0.05, 0.1) is 5.52 Å². The molecule has 0 amide bonds. The normalized spacial score (nSPS) is 12.2. The molecule has 124 valence electrons. The Morgan fingerprint density at radius 3 is 2.60 bits per heavy atom. The average molecular weight is 333 g/mol. The van der Waals surface area contributed by atoms with Crippen LogP contribution in [0.25, 0.3) is 10.9 Å². The van der Waals surface area contributed by atoms with Crippen molar-refractivity contribution in [2.75, 3.05) is 5.32 Å². The molecule has 4 rings (SSSR count). The zero-order chi connectivity index (χ0) is 17.2. The zero-order valence-corrected chi connectivity index (χ0v) is 13.6. The number of rotatable bonds is 4. The highest BCUT2D eigenvalue weighted by atomic mass is 19.1. The third kappa shape index (κ3) is 2.82. The van der Waals surface area contributed by atoms with Gasteiger partial charge in [0.1, 0.15) is 29.8 Å². The predicted octanol–water partition coefficient (Wildman–Crippen LogP) is 3.70. The van der Waals surface area contributed by atoms with E-state index in [2.05, 4.69) is 20.3 Å². The van der Waals surface area contributed by atoms with Gasteiger partial charge < -0.3 is 9.88 Å². The van der Waals surface area contributed by atoms with E-state index in [1.807, 2.05) is 48.1 Å². The molecule has 4 aromatic rings. The molecule has 0 spiro atoms. The number of hydrogen-bond acceptors (Lipinski definition) is 4. The van der Waals surface area contributed by atoms with Gasteiger partial charge in [-0.15, -0.1) is 0 Å². The lowest BCUT2D eigenvalue weighted by Gasteiger charge is -2.21. The Morgan fingerprint density at radius 2 is 1.80 bits per heavy atom. The van der Waals surface area contributed by atoms with Crippen LogP contribution < -0.4 is 5.32 Å². The van der Waals surface area contributed by atoms with E-state index in [4.69, 9.17) is 0 Å². The third-order valence-corrected chi connectivity index (χ3v) is 4.16. The topological polar surface area (TPSA) is 55.6 Å². The maximum atomic E-state index is 14.5. The monoisotopic (exact) mass is 333 g/mol. The van der Waals surface area contributed by atoms with Gasteiger partial charge in [-0.2, -0.15) is 0 Å². The molecule has 0 fully saturated rings. The largest absolute Gasteiger partial charge is 0.356 e. The molecule has 1 atom stereocenters. The molecule has 25 heavy (non-hydrogen) atoms. The van der Waals surface area contributed by atoms with Crippen LogP contribution in [-0.2, 0) is 7.05 Å². The molecule has 2 heterocycles. The van der Waals surface area contributed by atoms with Crippen LogP contribution in [0.15, 0.2) is 67.3 Å². The number of imidazole rings is 1. The van der Waals surface area contributed by atoms with E-state index in [-0.39, 0.29) is 5.82 Å². The van der Waals surface area contributed by atoms with E-state index in [1.54, 1.807) is 18.3 Å². The summed E-state index contributed by atoms with van der Waals surface area (Å²) in [5.74, 6) is 1.05. The second-order valence-corrected chi connectivity index (χ2v) is 5.73. The molecule has 0 saturated carbocycles. The number of anilines is 1. The summed E-state index contributed by atoms with van der Waals surface area (Å²) < 4.78 is 16.3. The zero-order valence-electron chi connectivity index (χ0n) is 13.6. The lowest BCUT2D eigenvalue weighted by atomic mass is 10.0. The van der Waals surface area contributed by atoms with Gasteiger partial charge in [0.2, 0.25) is 0 Å². The molecule has 5 nitrogen and oxygen atoms in total. The molecule has 0 radical (unpaired) electrons. The molecule has 0 aliphatic heterocycles. The Morgan fingerprint density at radius 1 is 1.00 bits per heavy atom. The number of fused-ring (bicyclic) bond motifs is 1. The number of aromatic nitrogens is 4. The van der Waals surface area contributed by atoms with E-state index in [9.17, 15) is 4.39 Å². The van der Waals surface area contributed by atoms with Gasteiger partial charge in [-0.05, 0) is 18.2 Å². The summed E-state index contributed by atoms with van der Waals surface area (Å²) >= 11 is 0. The molecule has 0 bridgehead atoms. The number of benzene rings is 2. The molecular formula is C19H16FN5. The van der Waals surface area contributed by atoms with E-state index >= 15 is 0 Å². The molecule has 2 aromatic heterocycles. The van der Waals surface area contributed by atoms with Crippen LogP contribution in [0.3, 0.4) is 0 Å². The van der Waals surface area contributed by atoms with Crippen molar-refractivity contribution in [1.29, 1.82) is 0 Å². The van der Waals surface area contributed by atoms with Gasteiger partial charge in [-0.1, -0.05) is 30.3 Å². The average Bonchev–Trinajstić information content (AvgIpc) is 3.06. The molecule has 2 aromatic carbocycles. The number of aryl methyl sites for hydroxylation is 1. The summed E-state index contributed by atoms with van der Waals surface area (Å²) in [6.45, 7) is 0. The summed E-state index contributed by atoms with van der Waals surface area (Å²) in [6.07, 6.45) is 5.04. The first kappa shape index (κ1) is 15.3. The minimum atomic E-state index is -0.473. The second-order valence-electron chi connectivity index (χ2n) is 5.73. The van der Waals surface area contributed by atoms with E-state index in [0.717, 1.165) is 10.9 Å². The summed E-state index contributed by atoms with van der Waals surface area (Å²) in [5, 5.41) is 4.22. The summed E-state index contributed by atoms with van der Waals surface area (Å²) in [5.41, 5.74) is 1.34. The van der Waals surface area contributed by atoms with Crippen LogP contribution >= 0.6 is 0 Å². The van der Waals surface area contributed by atoms with Crippen molar-refractivity contribution in [3.8, 4) is 0 Å². The Bertz CT molecular complexity index is 1020. The van der Waals surface area contributed by atoms with Crippen molar-refractivity contribution in [1.82, 2.24) is 19.5 Å². The summed E-state index contributed by atoms with van der Waals surface area (Å²) in [6, 6.07) is 13.9. The van der Waals surface area contributed by atoms with E-state index in [0.29, 0.717) is 17.2 Å². The standard InChI is InChI=1S/C19H16FN5/c1-25-11-10-21-19(25)17(13-6-2-4-8-15(13)20)24-18-14-7-3-5-9-16(14)22-12-23-18/h2-12,17H,1H3,(H,22,23,24).